The summed E-state index contributed by atoms with van der Waals surface area (Å²) in [7, 11) is 4.05. The number of nitrogens with one attached hydrogen (secondary N) is 2. The molecule has 0 saturated carbocycles. The van der Waals surface area contributed by atoms with Crippen molar-refractivity contribution in [2.75, 3.05) is 44.0 Å². The summed E-state index contributed by atoms with van der Waals surface area (Å²) in [6.07, 6.45) is 4.84. The van der Waals surface area contributed by atoms with Crippen LogP contribution in [-0.4, -0.2) is 54.7 Å². The third kappa shape index (κ3) is 7.94. The zero-order valence-corrected chi connectivity index (χ0v) is 26.8. The van der Waals surface area contributed by atoms with Crippen LogP contribution in [0.3, 0.4) is 0 Å². The van der Waals surface area contributed by atoms with Crippen molar-refractivity contribution < 1.29 is 9.53 Å². The fourth-order valence-electron chi connectivity index (χ4n) is 5.14. The van der Waals surface area contributed by atoms with E-state index in [2.05, 4.69) is 78.7 Å². The van der Waals surface area contributed by atoms with E-state index < -0.39 is 0 Å². The molecule has 2 aromatic heterocycles. The number of allylic oxidation sites excluding steroid dienone is 1. The van der Waals surface area contributed by atoms with Crippen molar-refractivity contribution in [2.45, 2.75) is 52.4 Å². The lowest BCUT2D eigenvalue weighted by Crippen LogP contribution is -2.39. The maximum absolute atomic E-state index is 14.1. The van der Waals surface area contributed by atoms with E-state index in [-0.39, 0.29) is 29.1 Å². The number of benzene rings is 2. The average molecular weight is 596 g/mol. The summed E-state index contributed by atoms with van der Waals surface area (Å²) in [5.74, 6) is 1.09. The Labute approximate surface area is 260 Å². The maximum atomic E-state index is 14.1. The van der Waals surface area contributed by atoms with Crippen molar-refractivity contribution >= 4 is 28.4 Å². The molecule has 0 aliphatic heterocycles. The van der Waals surface area contributed by atoms with Gasteiger partial charge in [-0.3, -0.25) is 9.69 Å². The number of fused-ring (bicyclic) bond motifs is 1. The first kappa shape index (κ1) is 32.5. The molecule has 0 radical (unpaired) electrons. The fourth-order valence-corrected chi connectivity index (χ4v) is 5.14. The first-order chi connectivity index (χ1) is 21.1. The topological polar surface area (TPSA) is 90.6 Å². The molecule has 0 saturated heterocycles. The number of likely N-dealkylation sites (N-methyl/N-ethyl adjacent to an activating group) is 1. The minimum Gasteiger partial charge on any atom is -0.492 e. The Bertz CT molecular complexity index is 1630. The van der Waals surface area contributed by atoms with Crippen LogP contribution in [0.4, 0.5) is 16.2 Å². The number of hydrogen-bond acceptors (Lipinski definition) is 5. The number of aromatic amines is 1. The number of rotatable bonds is 13. The number of urea groups is 1. The molecule has 232 valence electrons. The van der Waals surface area contributed by atoms with Gasteiger partial charge in [0.15, 0.2) is 0 Å². The highest BCUT2D eigenvalue weighted by Gasteiger charge is 2.24. The monoisotopic (exact) mass is 595 g/mol. The van der Waals surface area contributed by atoms with Gasteiger partial charge in [-0.05, 0) is 103 Å². The smallest absolute Gasteiger partial charge is 0.326 e. The summed E-state index contributed by atoms with van der Waals surface area (Å²) in [5, 5.41) is 3.99. The number of carbonyl (C=O) groups is 1. The Balaban J connectivity index is 1.73. The van der Waals surface area contributed by atoms with Crippen LogP contribution in [0.2, 0.25) is 0 Å². The van der Waals surface area contributed by atoms with Crippen molar-refractivity contribution in [2.24, 2.45) is 0 Å². The Morgan fingerprint density at radius 2 is 1.73 bits per heavy atom. The van der Waals surface area contributed by atoms with Crippen LogP contribution in [0.5, 0.6) is 5.75 Å². The number of unbranched alkanes of at least 4 members (excludes halogenated alkanes) is 1. The highest BCUT2D eigenvalue weighted by atomic mass is 16.5. The van der Waals surface area contributed by atoms with Crippen molar-refractivity contribution in [3.8, 4) is 16.9 Å². The van der Waals surface area contributed by atoms with Crippen LogP contribution in [0, 0.1) is 0 Å². The fraction of sp³-hybridized carbons (Fsp3) is 0.361. The molecule has 2 N–H and O–H groups in total. The minimum absolute atomic E-state index is 0.131. The summed E-state index contributed by atoms with van der Waals surface area (Å²) in [4.78, 5) is 38.0. The van der Waals surface area contributed by atoms with Crippen LogP contribution in [-0.2, 0) is 0 Å². The summed E-state index contributed by atoms with van der Waals surface area (Å²) in [5.41, 5.74) is 5.37. The van der Waals surface area contributed by atoms with E-state index in [1.807, 2.05) is 44.4 Å². The normalized spacial score (nSPS) is 11.4. The van der Waals surface area contributed by atoms with Crippen LogP contribution in [0.15, 0.2) is 78.2 Å². The number of ether oxygens (including phenoxy) is 1. The highest BCUT2D eigenvalue weighted by Crippen LogP contribution is 2.38. The molecule has 2 aromatic carbocycles. The Kier molecular flexibility index (Phi) is 11.0. The van der Waals surface area contributed by atoms with E-state index in [0.717, 1.165) is 52.0 Å². The van der Waals surface area contributed by atoms with E-state index in [0.29, 0.717) is 25.2 Å². The molecule has 0 fully saturated rings. The van der Waals surface area contributed by atoms with Crippen molar-refractivity contribution in [3.63, 3.8) is 0 Å². The number of carbonyl (C=O) groups excluding carboxylic acids is 1. The number of pyridine rings is 2. The second-order valence-corrected chi connectivity index (χ2v) is 12.0. The highest BCUT2D eigenvalue weighted by molar-refractivity contribution is 6.03. The molecule has 0 aliphatic carbocycles. The largest absolute Gasteiger partial charge is 0.492 e. The molecule has 8 nitrogen and oxygen atoms in total. The predicted octanol–water partition coefficient (Wildman–Crippen LogP) is 7.78. The summed E-state index contributed by atoms with van der Waals surface area (Å²) < 4.78 is 6.01. The van der Waals surface area contributed by atoms with E-state index in [4.69, 9.17) is 4.74 Å². The zero-order valence-electron chi connectivity index (χ0n) is 26.8. The Morgan fingerprint density at radius 3 is 2.39 bits per heavy atom. The van der Waals surface area contributed by atoms with Gasteiger partial charge in [-0.2, -0.15) is 0 Å². The van der Waals surface area contributed by atoms with Gasteiger partial charge in [-0.15, -0.1) is 6.58 Å². The third-order valence-corrected chi connectivity index (χ3v) is 7.57. The van der Waals surface area contributed by atoms with E-state index >= 15 is 0 Å². The molecule has 4 rings (SSSR count). The lowest BCUT2D eigenvalue weighted by molar-refractivity contribution is 0.256. The van der Waals surface area contributed by atoms with Gasteiger partial charge in [0, 0.05) is 30.4 Å². The van der Waals surface area contributed by atoms with Gasteiger partial charge in [0.2, 0.25) is 0 Å². The van der Waals surface area contributed by atoms with E-state index in [1.165, 1.54) is 4.90 Å². The van der Waals surface area contributed by atoms with Crippen LogP contribution < -0.4 is 20.5 Å². The van der Waals surface area contributed by atoms with Gasteiger partial charge < -0.3 is 19.9 Å². The average Bonchev–Trinajstić information content (AvgIpc) is 2.99. The SMILES string of the molecule is C=CCCCN(C(=O)Nc1c(C(C)C)cc(-c2cccc(OCCN(C)C)c2)cc1C(C)C)c1cc2cccnc2[nH]c1=O. The number of aromatic nitrogens is 2. The molecular formula is C36H45N5O3. The van der Waals surface area contributed by atoms with Gasteiger partial charge in [0.05, 0.1) is 0 Å². The van der Waals surface area contributed by atoms with Crippen molar-refractivity contribution in [1.29, 1.82) is 0 Å². The van der Waals surface area contributed by atoms with E-state index in [1.54, 1.807) is 12.3 Å². The number of nitrogens with zero attached hydrogens (tertiary/aromatic N) is 3. The molecule has 2 heterocycles. The molecule has 0 unspecified atom stereocenters. The molecule has 2 amide bonds. The minimum atomic E-state index is -0.360. The van der Waals surface area contributed by atoms with Crippen molar-refractivity contribution in [3.05, 3.63) is 94.9 Å². The molecule has 0 atom stereocenters. The Morgan fingerprint density at radius 1 is 1.00 bits per heavy atom. The zero-order chi connectivity index (χ0) is 31.8. The number of amides is 2. The number of hydrogen-bond donors (Lipinski definition) is 2. The van der Waals surface area contributed by atoms with Gasteiger partial charge >= 0.3 is 6.03 Å². The maximum Gasteiger partial charge on any atom is 0.326 e. The van der Waals surface area contributed by atoms with Crippen molar-refractivity contribution in [1.82, 2.24) is 14.9 Å². The molecule has 0 aliphatic rings. The molecule has 0 spiro atoms. The molecule has 8 heteroatoms. The van der Waals surface area contributed by atoms with Gasteiger partial charge in [0.25, 0.3) is 5.56 Å². The van der Waals surface area contributed by atoms with Crippen LogP contribution in [0.25, 0.3) is 22.2 Å². The summed E-state index contributed by atoms with van der Waals surface area (Å²) >= 11 is 0. The van der Waals surface area contributed by atoms with Crippen LogP contribution >= 0.6 is 0 Å². The van der Waals surface area contributed by atoms with Gasteiger partial charge in [-0.25, -0.2) is 9.78 Å². The van der Waals surface area contributed by atoms with Gasteiger partial charge in [0.1, 0.15) is 23.7 Å². The molecular weight excluding hydrogens is 550 g/mol. The lowest BCUT2D eigenvalue weighted by Gasteiger charge is -2.27. The molecule has 4 aromatic rings. The third-order valence-electron chi connectivity index (χ3n) is 7.57. The second-order valence-electron chi connectivity index (χ2n) is 12.0. The second kappa shape index (κ2) is 14.8. The van der Waals surface area contributed by atoms with Gasteiger partial charge in [-0.1, -0.05) is 45.9 Å². The summed E-state index contributed by atoms with van der Waals surface area (Å²) in [6, 6.07) is 17.5. The predicted molar refractivity (Wildman–Crippen MR) is 182 cm³/mol. The van der Waals surface area contributed by atoms with E-state index in [9.17, 15) is 9.59 Å². The Hall–Kier alpha value is -4.43. The molecule has 0 bridgehead atoms. The first-order valence-electron chi connectivity index (χ1n) is 15.3. The van der Waals surface area contributed by atoms with Crippen LogP contribution in [0.1, 0.15) is 63.5 Å². The standard InChI is InChI=1S/C36H45N5O3/c1-8-9-10-17-41(32-23-27-14-12-16-37-34(27)39-35(32)42)36(43)38-33-30(24(2)3)21-28(22-31(33)25(4)5)26-13-11-15-29(20-26)44-19-18-40(6)7/h8,11-16,20-25H,1,9-10,17-19H2,2-7H3,(H,38,43)(H,37,39,42). The number of anilines is 2. The summed E-state index contributed by atoms with van der Waals surface area (Å²) in [6.45, 7) is 14.1. The quantitative estimate of drug-likeness (QED) is 0.122. The molecule has 44 heavy (non-hydrogen) atoms. The first-order valence-corrected chi connectivity index (χ1v) is 15.3. The number of H-pyrrole nitrogens is 1. The lowest BCUT2D eigenvalue weighted by atomic mass is 9.88.